The van der Waals surface area contributed by atoms with Crippen LogP contribution in [0.4, 0.5) is 0 Å². The van der Waals surface area contributed by atoms with Gasteiger partial charge in [0.25, 0.3) is 0 Å². The van der Waals surface area contributed by atoms with Gasteiger partial charge in [-0.25, -0.2) is 4.98 Å². The molecular formula is C13H18N6. The Morgan fingerprint density at radius 1 is 1.47 bits per heavy atom. The normalized spacial score (nSPS) is 10.6. The standard InChI is InChI=1S/C13H18N6/c1-4-11-5-6-15-12(7-11)19-13(16-17-18-19)9-14-8-10(2)3/h5-7,14H,2,4,8-9H2,1,3H3. The molecule has 0 aromatic carbocycles. The molecule has 0 amide bonds. The fourth-order valence-corrected chi connectivity index (χ4v) is 1.68. The first-order valence-corrected chi connectivity index (χ1v) is 6.28. The SMILES string of the molecule is C=C(C)CNCc1nnnn1-c1cc(CC)ccn1. The van der Waals surface area contributed by atoms with Crippen LogP contribution in [-0.2, 0) is 13.0 Å². The van der Waals surface area contributed by atoms with Crippen LogP contribution >= 0.6 is 0 Å². The molecule has 0 saturated heterocycles. The number of nitrogens with zero attached hydrogens (tertiary/aromatic N) is 5. The van der Waals surface area contributed by atoms with Gasteiger partial charge in [0.15, 0.2) is 11.6 Å². The zero-order valence-electron chi connectivity index (χ0n) is 11.3. The number of nitrogens with one attached hydrogen (secondary N) is 1. The summed E-state index contributed by atoms with van der Waals surface area (Å²) in [5.41, 5.74) is 2.28. The number of hydrogen-bond acceptors (Lipinski definition) is 5. The Hall–Kier alpha value is -2.08. The van der Waals surface area contributed by atoms with E-state index in [4.69, 9.17) is 0 Å². The summed E-state index contributed by atoms with van der Waals surface area (Å²) >= 11 is 0. The van der Waals surface area contributed by atoms with E-state index in [1.54, 1.807) is 10.9 Å². The molecule has 6 nitrogen and oxygen atoms in total. The summed E-state index contributed by atoms with van der Waals surface area (Å²) < 4.78 is 1.66. The van der Waals surface area contributed by atoms with E-state index in [-0.39, 0.29) is 0 Å². The second-order valence-electron chi connectivity index (χ2n) is 4.44. The quantitative estimate of drug-likeness (QED) is 0.791. The molecule has 0 spiro atoms. The number of pyridine rings is 1. The Bertz CT molecular complexity index is 560. The summed E-state index contributed by atoms with van der Waals surface area (Å²) in [5.74, 6) is 1.48. The highest BCUT2D eigenvalue weighted by Gasteiger charge is 2.09. The second-order valence-corrected chi connectivity index (χ2v) is 4.44. The molecule has 2 aromatic heterocycles. The number of hydrogen-bond donors (Lipinski definition) is 1. The predicted octanol–water partition coefficient (Wildman–Crippen LogP) is 1.29. The van der Waals surface area contributed by atoms with Crippen LogP contribution in [0.5, 0.6) is 0 Å². The summed E-state index contributed by atoms with van der Waals surface area (Å²) in [4.78, 5) is 4.31. The van der Waals surface area contributed by atoms with Gasteiger partial charge in [-0.05, 0) is 41.5 Å². The van der Waals surface area contributed by atoms with E-state index in [1.807, 2.05) is 19.1 Å². The van der Waals surface area contributed by atoms with E-state index < -0.39 is 0 Å². The Balaban J connectivity index is 2.16. The minimum Gasteiger partial charge on any atom is -0.306 e. The third kappa shape index (κ3) is 3.45. The van der Waals surface area contributed by atoms with Crippen molar-refractivity contribution in [3.63, 3.8) is 0 Å². The molecule has 0 aliphatic heterocycles. The Kier molecular flexibility index (Phi) is 4.35. The molecule has 0 radical (unpaired) electrons. The second kappa shape index (κ2) is 6.19. The molecular weight excluding hydrogens is 240 g/mol. The van der Waals surface area contributed by atoms with Gasteiger partial charge in [-0.3, -0.25) is 0 Å². The first-order chi connectivity index (χ1) is 9.20. The lowest BCUT2D eigenvalue weighted by Crippen LogP contribution is -2.19. The first-order valence-electron chi connectivity index (χ1n) is 6.28. The summed E-state index contributed by atoms with van der Waals surface area (Å²) in [6, 6.07) is 3.99. The average Bonchev–Trinajstić information content (AvgIpc) is 2.87. The van der Waals surface area contributed by atoms with Crippen molar-refractivity contribution < 1.29 is 0 Å². The van der Waals surface area contributed by atoms with Crippen molar-refractivity contribution in [2.75, 3.05) is 6.54 Å². The molecule has 2 rings (SSSR count). The van der Waals surface area contributed by atoms with Crippen molar-refractivity contribution in [1.82, 2.24) is 30.5 Å². The molecule has 0 unspecified atom stereocenters. The molecule has 0 atom stereocenters. The molecule has 100 valence electrons. The summed E-state index contributed by atoms with van der Waals surface area (Å²) in [7, 11) is 0. The summed E-state index contributed by atoms with van der Waals surface area (Å²) in [6.45, 7) is 9.25. The van der Waals surface area contributed by atoms with Crippen molar-refractivity contribution in [1.29, 1.82) is 0 Å². The average molecular weight is 258 g/mol. The minimum atomic E-state index is 0.581. The number of rotatable bonds is 6. The van der Waals surface area contributed by atoms with Crippen molar-refractivity contribution in [2.45, 2.75) is 26.8 Å². The Morgan fingerprint density at radius 2 is 2.32 bits per heavy atom. The van der Waals surface area contributed by atoms with Crippen LogP contribution in [0.25, 0.3) is 5.82 Å². The van der Waals surface area contributed by atoms with Crippen LogP contribution in [0.3, 0.4) is 0 Å². The lowest BCUT2D eigenvalue weighted by molar-refractivity contribution is 0.665. The van der Waals surface area contributed by atoms with E-state index in [0.717, 1.165) is 30.2 Å². The monoisotopic (exact) mass is 258 g/mol. The minimum absolute atomic E-state index is 0.581. The van der Waals surface area contributed by atoms with Crippen LogP contribution in [0.15, 0.2) is 30.5 Å². The molecule has 0 saturated carbocycles. The highest BCUT2D eigenvalue weighted by Crippen LogP contribution is 2.08. The number of aryl methyl sites for hydroxylation is 1. The third-order valence-corrected chi connectivity index (χ3v) is 2.68. The maximum absolute atomic E-state index is 4.31. The van der Waals surface area contributed by atoms with Gasteiger partial charge in [0.2, 0.25) is 0 Å². The van der Waals surface area contributed by atoms with Crippen LogP contribution in [0.2, 0.25) is 0 Å². The van der Waals surface area contributed by atoms with E-state index in [0.29, 0.717) is 6.54 Å². The highest BCUT2D eigenvalue weighted by molar-refractivity contribution is 5.27. The maximum atomic E-state index is 4.31. The van der Waals surface area contributed by atoms with Gasteiger partial charge in [0.1, 0.15) is 0 Å². The maximum Gasteiger partial charge on any atom is 0.172 e. The van der Waals surface area contributed by atoms with Crippen LogP contribution in [0.1, 0.15) is 25.2 Å². The fraction of sp³-hybridized carbons (Fsp3) is 0.385. The summed E-state index contributed by atoms with van der Waals surface area (Å²) in [5, 5.41) is 15.0. The number of aromatic nitrogens is 5. The van der Waals surface area contributed by atoms with Crippen molar-refractivity contribution >= 4 is 0 Å². The molecule has 2 aromatic rings. The Morgan fingerprint density at radius 3 is 3.05 bits per heavy atom. The van der Waals surface area contributed by atoms with Crippen LogP contribution in [-0.4, -0.2) is 31.7 Å². The van der Waals surface area contributed by atoms with Gasteiger partial charge >= 0.3 is 0 Å². The molecule has 1 N–H and O–H groups in total. The molecule has 0 aliphatic rings. The first kappa shape index (κ1) is 13.4. The van der Waals surface area contributed by atoms with E-state index in [2.05, 4.69) is 39.3 Å². The van der Waals surface area contributed by atoms with Crippen LogP contribution in [0, 0.1) is 0 Å². The lowest BCUT2D eigenvalue weighted by Gasteiger charge is -2.06. The number of tetrazole rings is 1. The smallest absolute Gasteiger partial charge is 0.172 e. The van der Waals surface area contributed by atoms with Crippen molar-refractivity contribution in [3.8, 4) is 5.82 Å². The van der Waals surface area contributed by atoms with E-state index in [9.17, 15) is 0 Å². The molecule has 0 aliphatic carbocycles. The van der Waals surface area contributed by atoms with Crippen molar-refractivity contribution in [3.05, 3.63) is 41.9 Å². The molecule has 19 heavy (non-hydrogen) atoms. The Labute approximate surface area is 112 Å². The summed E-state index contributed by atoms with van der Waals surface area (Å²) in [6.07, 6.45) is 2.74. The molecule has 2 heterocycles. The predicted molar refractivity (Wildman–Crippen MR) is 72.8 cm³/mol. The largest absolute Gasteiger partial charge is 0.306 e. The van der Waals surface area contributed by atoms with Gasteiger partial charge < -0.3 is 5.32 Å². The third-order valence-electron chi connectivity index (χ3n) is 2.68. The fourth-order valence-electron chi connectivity index (χ4n) is 1.68. The lowest BCUT2D eigenvalue weighted by atomic mass is 10.2. The zero-order chi connectivity index (χ0) is 13.7. The van der Waals surface area contributed by atoms with Gasteiger partial charge in [-0.15, -0.1) is 5.10 Å². The van der Waals surface area contributed by atoms with Gasteiger partial charge in [-0.2, -0.15) is 4.68 Å². The van der Waals surface area contributed by atoms with Crippen LogP contribution < -0.4 is 5.32 Å². The van der Waals surface area contributed by atoms with Gasteiger partial charge in [-0.1, -0.05) is 19.1 Å². The zero-order valence-corrected chi connectivity index (χ0v) is 11.3. The molecule has 0 fully saturated rings. The molecule has 6 heteroatoms. The van der Waals surface area contributed by atoms with Gasteiger partial charge in [0.05, 0.1) is 6.54 Å². The van der Waals surface area contributed by atoms with Crippen molar-refractivity contribution in [2.24, 2.45) is 0 Å². The van der Waals surface area contributed by atoms with E-state index in [1.165, 1.54) is 5.56 Å². The molecule has 0 bridgehead atoms. The van der Waals surface area contributed by atoms with Gasteiger partial charge in [0, 0.05) is 12.7 Å². The van der Waals surface area contributed by atoms with E-state index >= 15 is 0 Å². The topological polar surface area (TPSA) is 68.5 Å². The highest BCUT2D eigenvalue weighted by atomic mass is 15.6.